The molecule has 2 N–H and O–H groups in total. The standard InChI is InChI=1S/C16H21NO3S2/c1-12(2)13-3-5-15(6-4-13)22(19,20)17-9-7-16(18)14-8-10-21-11-14/h3-6,8,10-12,16-18H,7,9H2,1-2H3. The SMILES string of the molecule is CC(C)c1ccc(S(=O)(=O)NCCC(O)c2ccsc2)cc1. The van der Waals surface area contributed by atoms with Crippen LogP contribution in [0.1, 0.15) is 43.4 Å². The number of rotatable bonds is 7. The molecule has 120 valence electrons. The van der Waals surface area contributed by atoms with Gasteiger partial charge in [-0.05, 0) is 52.4 Å². The molecule has 0 radical (unpaired) electrons. The fourth-order valence-electron chi connectivity index (χ4n) is 2.08. The van der Waals surface area contributed by atoms with E-state index in [0.717, 1.165) is 11.1 Å². The first kappa shape index (κ1) is 17.1. The number of sulfonamides is 1. The third kappa shape index (κ3) is 4.39. The molecule has 1 unspecified atom stereocenters. The Balaban J connectivity index is 1.93. The Morgan fingerprint density at radius 3 is 2.36 bits per heavy atom. The van der Waals surface area contributed by atoms with Gasteiger partial charge in [-0.3, -0.25) is 0 Å². The summed E-state index contributed by atoms with van der Waals surface area (Å²) in [6.07, 6.45) is -0.294. The number of hydrogen-bond acceptors (Lipinski definition) is 4. The highest BCUT2D eigenvalue weighted by Gasteiger charge is 2.15. The van der Waals surface area contributed by atoms with E-state index in [9.17, 15) is 13.5 Å². The molecule has 1 heterocycles. The molecule has 2 aromatic rings. The number of thiophene rings is 1. The predicted molar refractivity (Wildman–Crippen MR) is 89.6 cm³/mol. The molecule has 2 rings (SSSR count). The maximum Gasteiger partial charge on any atom is 0.240 e. The molecule has 22 heavy (non-hydrogen) atoms. The lowest BCUT2D eigenvalue weighted by Crippen LogP contribution is -2.25. The molecule has 4 nitrogen and oxygen atoms in total. The van der Waals surface area contributed by atoms with Gasteiger partial charge < -0.3 is 5.11 Å². The van der Waals surface area contributed by atoms with Gasteiger partial charge in [0.25, 0.3) is 0 Å². The van der Waals surface area contributed by atoms with Crippen molar-refractivity contribution in [3.8, 4) is 0 Å². The van der Waals surface area contributed by atoms with Gasteiger partial charge in [-0.1, -0.05) is 26.0 Å². The fourth-order valence-corrected chi connectivity index (χ4v) is 3.83. The van der Waals surface area contributed by atoms with Crippen LogP contribution in [0.25, 0.3) is 0 Å². The average molecular weight is 339 g/mol. The molecule has 1 atom stereocenters. The van der Waals surface area contributed by atoms with E-state index in [1.165, 1.54) is 11.3 Å². The number of hydrogen-bond donors (Lipinski definition) is 2. The molecular formula is C16H21NO3S2. The van der Waals surface area contributed by atoms with Gasteiger partial charge in [0.15, 0.2) is 0 Å². The Morgan fingerprint density at radius 2 is 1.82 bits per heavy atom. The molecule has 6 heteroatoms. The highest BCUT2D eigenvalue weighted by atomic mass is 32.2. The van der Waals surface area contributed by atoms with E-state index in [1.54, 1.807) is 12.1 Å². The molecular weight excluding hydrogens is 318 g/mol. The lowest BCUT2D eigenvalue weighted by atomic mass is 10.0. The molecule has 0 aliphatic rings. The summed E-state index contributed by atoms with van der Waals surface area (Å²) in [4.78, 5) is 0.252. The second-order valence-electron chi connectivity index (χ2n) is 5.48. The molecule has 0 spiro atoms. The fraction of sp³-hybridized carbons (Fsp3) is 0.375. The molecule has 0 bridgehead atoms. The van der Waals surface area contributed by atoms with Crippen molar-refractivity contribution in [1.29, 1.82) is 0 Å². The van der Waals surface area contributed by atoms with Crippen LogP contribution in [0.4, 0.5) is 0 Å². The van der Waals surface area contributed by atoms with E-state index in [2.05, 4.69) is 18.6 Å². The summed E-state index contributed by atoms with van der Waals surface area (Å²) in [6, 6.07) is 8.74. The number of benzene rings is 1. The van der Waals surface area contributed by atoms with Crippen molar-refractivity contribution in [2.45, 2.75) is 37.2 Å². The highest BCUT2D eigenvalue weighted by Crippen LogP contribution is 2.20. The largest absolute Gasteiger partial charge is 0.388 e. The summed E-state index contributed by atoms with van der Waals surface area (Å²) >= 11 is 1.51. The Morgan fingerprint density at radius 1 is 1.14 bits per heavy atom. The van der Waals surface area contributed by atoms with Gasteiger partial charge in [-0.25, -0.2) is 13.1 Å². The summed E-state index contributed by atoms with van der Waals surface area (Å²) in [5, 5.41) is 13.7. The van der Waals surface area contributed by atoms with Crippen molar-refractivity contribution in [2.75, 3.05) is 6.54 Å². The minimum atomic E-state index is -3.53. The maximum absolute atomic E-state index is 12.2. The van der Waals surface area contributed by atoms with E-state index in [4.69, 9.17) is 0 Å². The average Bonchev–Trinajstić information content (AvgIpc) is 3.01. The maximum atomic E-state index is 12.2. The lowest BCUT2D eigenvalue weighted by Gasteiger charge is -2.11. The van der Waals surface area contributed by atoms with Gasteiger partial charge in [0, 0.05) is 6.54 Å². The summed E-state index contributed by atoms with van der Waals surface area (Å²) in [5.41, 5.74) is 1.93. The zero-order chi connectivity index (χ0) is 16.2. The number of aliphatic hydroxyl groups is 1. The van der Waals surface area contributed by atoms with Crippen LogP contribution in [0.15, 0.2) is 46.0 Å². The Kier molecular flexibility index (Phi) is 5.74. The van der Waals surface area contributed by atoms with Gasteiger partial charge in [-0.15, -0.1) is 0 Å². The molecule has 0 saturated carbocycles. The van der Waals surface area contributed by atoms with Crippen molar-refractivity contribution in [3.05, 3.63) is 52.2 Å². The molecule has 0 fully saturated rings. The Labute approximate surface area is 135 Å². The Hall–Kier alpha value is -1.21. The molecule has 0 aliphatic carbocycles. The summed E-state index contributed by atoms with van der Waals surface area (Å²) in [7, 11) is -3.53. The summed E-state index contributed by atoms with van der Waals surface area (Å²) < 4.78 is 26.9. The topological polar surface area (TPSA) is 66.4 Å². The van der Waals surface area contributed by atoms with Crippen molar-refractivity contribution >= 4 is 21.4 Å². The molecule has 0 aliphatic heterocycles. The normalized spacial score (nSPS) is 13.5. The first-order valence-corrected chi connectivity index (χ1v) is 9.62. The van der Waals surface area contributed by atoms with E-state index < -0.39 is 16.1 Å². The first-order chi connectivity index (χ1) is 10.4. The van der Waals surface area contributed by atoms with Crippen LogP contribution < -0.4 is 4.72 Å². The second kappa shape index (κ2) is 7.37. The first-order valence-electron chi connectivity index (χ1n) is 7.20. The zero-order valence-electron chi connectivity index (χ0n) is 12.7. The zero-order valence-corrected chi connectivity index (χ0v) is 14.3. The van der Waals surface area contributed by atoms with Gasteiger partial charge in [0.05, 0.1) is 11.0 Å². The Bertz CT molecular complexity index is 677. The minimum Gasteiger partial charge on any atom is -0.388 e. The van der Waals surface area contributed by atoms with Crippen LogP contribution in [-0.4, -0.2) is 20.1 Å². The molecule has 0 amide bonds. The number of aliphatic hydroxyl groups excluding tert-OH is 1. The van der Waals surface area contributed by atoms with E-state index >= 15 is 0 Å². The molecule has 1 aromatic heterocycles. The highest BCUT2D eigenvalue weighted by molar-refractivity contribution is 7.89. The lowest BCUT2D eigenvalue weighted by molar-refractivity contribution is 0.169. The van der Waals surface area contributed by atoms with E-state index in [-0.39, 0.29) is 11.4 Å². The van der Waals surface area contributed by atoms with Crippen molar-refractivity contribution in [3.63, 3.8) is 0 Å². The van der Waals surface area contributed by atoms with E-state index in [1.807, 2.05) is 29.0 Å². The van der Waals surface area contributed by atoms with Crippen LogP contribution >= 0.6 is 11.3 Å². The quantitative estimate of drug-likeness (QED) is 0.813. The van der Waals surface area contributed by atoms with Crippen LogP contribution in [0.2, 0.25) is 0 Å². The van der Waals surface area contributed by atoms with Gasteiger partial charge in [0.1, 0.15) is 0 Å². The van der Waals surface area contributed by atoms with Gasteiger partial charge in [0.2, 0.25) is 10.0 Å². The monoisotopic (exact) mass is 339 g/mol. The van der Waals surface area contributed by atoms with Crippen LogP contribution in [0.3, 0.4) is 0 Å². The van der Waals surface area contributed by atoms with Crippen LogP contribution in [-0.2, 0) is 10.0 Å². The number of nitrogens with one attached hydrogen (secondary N) is 1. The molecule has 1 aromatic carbocycles. The van der Waals surface area contributed by atoms with Gasteiger partial charge >= 0.3 is 0 Å². The van der Waals surface area contributed by atoms with Gasteiger partial charge in [-0.2, -0.15) is 11.3 Å². The van der Waals surface area contributed by atoms with Crippen molar-refractivity contribution in [1.82, 2.24) is 4.72 Å². The van der Waals surface area contributed by atoms with E-state index in [0.29, 0.717) is 12.3 Å². The summed E-state index contributed by atoms with van der Waals surface area (Å²) in [6.45, 7) is 4.33. The summed E-state index contributed by atoms with van der Waals surface area (Å²) in [5.74, 6) is 0.366. The van der Waals surface area contributed by atoms with Crippen molar-refractivity contribution in [2.24, 2.45) is 0 Å². The van der Waals surface area contributed by atoms with Crippen molar-refractivity contribution < 1.29 is 13.5 Å². The minimum absolute atomic E-state index is 0.200. The third-order valence-corrected chi connectivity index (χ3v) is 5.67. The third-order valence-electron chi connectivity index (χ3n) is 3.49. The second-order valence-corrected chi connectivity index (χ2v) is 8.03. The van der Waals surface area contributed by atoms with Crippen LogP contribution in [0, 0.1) is 0 Å². The van der Waals surface area contributed by atoms with Crippen LogP contribution in [0.5, 0.6) is 0 Å². The predicted octanol–water partition coefficient (Wildman–Crippen LogP) is 3.27. The smallest absolute Gasteiger partial charge is 0.240 e. The molecule has 0 saturated heterocycles.